The van der Waals surface area contributed by atoms with E-state index in [9.17, 15) is 13.6 Å². The zero-order valence-corrected chi connectivity index (χ0v) is 15.3. The molecular formula is C19H20F2N4O2. The summed E-state index contributed by atoms with van der Waals surface area (Å²) in [6, 6.07) is 3.61. The second kappa shape index (κ2) is 6.94. The smallest absolute Gasteiger partial charge is 0.255 e. The number of hydrogen-bond donors (Lipinski definition) is 1. The summed E-state index contributed by atoms with van der Waals surface area (Å²) >= 11 is 0. The van der Waals surface area contributed by atoms with Gasteiger partial charge in [-0.05, 0) is 26.0 Å². The van der Waals surface area contributed by atoms with E-state index in [0.717, 1.165) is 6.07 Å². The summed E-state index contributed by atoms with van der Waals surface area (Å²) in [4.78, 5) is 22.6. The van der Waals surface area contributed by atoms with Crippen LogP contribution in [0.25, 0.3) is 11.1 Å². The minimum Gasteiger partial charge on any atom is -0.495 e. The number of rotatable bonds is 4. The molecule has 2 heterocycles. The lowest BCUT2D eigenvalue weighted by molar-refractivity contribution is -0.136. The number of nitrogens with zero attached hydrogens (tertiary/aromatic N) is 3. The molecule has 1 aromatic carbocycles. The molecule has 1 aliphatic heterocycles. The first-order valence-corrected chi connectivity index (χ1v) is 8.42. The first-order valence-electron chi connectivity index (χ1n) is 8.42. The quantitative estimate of drug-likeness (QED) is 0.892. The van der Waals surface area contributed by atoms with Crippen LogP contribution in [0, 0.1) is 11.6 Å². The van der Waals surface area contributed by atoms with Crippen LogP contribution >= 0.6 is 0 Å². The number of ether oxygens (including phenoxy) is 1. The van der Waals surface area contributed by atoms with Crippen LogP contribution in [0.15, 0.2) is 35.6 Å². The normalized spacial score (nSPS) is 19.8. The molecule has 1 amide bonds. The van der Waals surface area contributed by atoms with Gasteiger partial charge in [0.25, 0.3) is 5.91 Å². The average Bonchev–Trinajstić information content (AvgIpc) is 2.64. The summed E-state index contributed by atoms with van der Waals surface area (Å²) < 4.78 is 34.3. The summed E-state index contributed by atoms with van der Waals surface area (Å²) in [5, 5.41) is 0. The second-order valence-corrected chi connectivity index (χ2v) is 6.42. The summed E-state index contributed by atoms with van der Waals surface area (Å²) in [7, 11) is 1.46. The van der Waals surface area contributed by atoms with Gasteiger partial charge in [0.05, 0.1) is 19.9 Å². The SMILES string of the molecule is CCN1CC(N)=NC(C)(c2cc(-c3cncc(OC)c3)c(F)cc2F)C1=O. The number of nitrogens with two attached hydrogens (primary N) is 1. The number of hydrogen-bond acceptors (Lipinski definition) is 5. The Hall–Kier alpha value is -3.03. The van der Waals surface area contributed by atoms with Gasteiger partial charge in [-0.15, -0.1) is 0 Å². The van der Waals surface area contributed by atoms with Gasteiger partial charge in [-0.1, -0.05) is 0 Å². The number of amides is 1. The minimum absolute atomic E-state index is 0.0483. The highest BCUT2D eigenvalue weighted by atomic mass is 19.1. The maximum absolute atomic E-state index is 14.7. The molecule has 0 saturated carbocycles. The zero-order chi connectivity index (χ0) is 19.8. The molecule has 0 bridgehead atoms. The first kappa shape index (κ1) is 18.8. The summed E-state index contributed by atoms with van der Waals surface area (Å²) in [5.74, 6) is -1.39. The van der Waals surface area contributed by atoms with Gasteiger partial charge in [0.15, 0.2) is 5.54 Å². The summed E-state index contributed by atoms with van der Waals surface area (Å²) in [6.45, 7) is 3.86. The number of methoxy groups -OCH3 is 1. The van der Waals surface area contributed by atoms with Crippen molar-refractivity contribution in [2.75, 3.05) is 20.2 Å². The van der Waals surface area contributed by atoms with Gasteiger partial charge in [-0.25, -0.2) is 13.8 Å². The Bertz CT molecular complexity index is 932. The number of carbonyl (C=O) groups excluding carboxylic acids is 1. The van der Waals surface area contributed by atoms with E-state index in [1.165, 1.54) is 37.4 Å². The Morgan fingerprint density at radius 1 is 1.26 bits per heavy atom. The van der Waals surface area contributed by atoms with E-state index in [2.05, 4.69) is 9.98 Å². The molecule has 3 rings (SSSR count). The number of aromatic nitrogens is 1. The largest absolute Gasteiger partial charge is 0.495 e. The molecule has 1 aliphatic rings. The molecule has 6 nitrogen and oxygen atoms in total. The Kier molecular flexibility index (Phi) is 4.82. The van der Waals surface area contributed by atoms with Crippen molar-refractivity contribution in [1.82, 2.24) is 9.88 Å². The highest BCUT2D eigenvalue weighted by Crippen LogP contribution is 2.36. The molecule has 0 spiro atoms. The van der Waals surface area contributed by atoms with E-state index >= 15 is 0 Å². The van der Waals surface area contributed by atoms with Gasteiger partial charge in [-0.2, -0.15) is 0 Å². The fraction of sp³-hybridized carbons (Fsp3) is 0.316. The monoisotopic (exact) mass is 374 g/mol. The van der Waals surface area contributed by atoms with E-state index < -0.39 is 17.2 Å². The molecule has 0 aliphatic carbocycles. The third kappa shape index (κ3) is 3.22. The topological polar surface area (TPSA) is 80.8 Å². The molecule has 1 unspecified atom stereocenters. The number of benzene rings is 1. The Balaban J connectivity index is 2.19. The average molecular weight is 374 g/mol. The third-order valence-corrected chi connectivity index (χ3v) is 4.65. The molecule has 27 heavy (non-hydrogen) atoms. The van der Waals surface area contributed by atoms with Crippen molar-refractivity contribution in [1.29, 1.82) is 0 Å². The molecule has 2 aromatic rings. The lowest BCUT2D eigenvalue weighted by Gasteiger charge is -2.36. The Morgan fingerprint density at radius 2 is 2.00 bits per heavy atom. The zero-order valence-electron chi connectivity index (χ0n) is 15.3. The van der Waals surface area contributed by atoms with Crippen LogP contribution in [0.3, 0.4) is 0 Å². The molecule has 0 radical (unpaired) electrons. The van der Waals surface area contributed by atoms with Crippen molar-refractivity contribution in [2.24, 2.45) is 10.7 Å². The van der Waals surface area contributed by atoms with Crippen LogP contribution in [-0.2, 0) is 10.3 Å². The standard InChI is InChI=1S/C19H20F2N4O2/c1-4-25-10-17(22)24-19(2,18(25)26)14-6-13(15(20)7-16(14)21)11-5-12(27-3)9-23-8-11/h5-9H,4,10H2,1-3H3,(H2,22,24). The van der Waals surface area contributed by atoms with Crippen molar-refractivity contribution >= 4 is 11.7 Å². The van der Waals surface area contributed by atoms with E-state index in [-0.39, 0.29) is 29.4 Å². The van der Waals surface area contributed by atoms with Crippen LogP contribution in [0.5, 0.6) is 5.75 Å². The summed E-state index contributed by atoms with van der Waals surface area (Å²) in [6.07, 6.45) is 2.91. The fourth-order valence-corrected chi connectivity index (χ4v) is 3.20. The first-order chi connectivity index (χ1) is 12.8. The fourth-order valence-electron chi connectivity index (χ4n) is 3.20. The maximum atomic E-state index is 14.7. The number of carbonyl (C=O) groups is 1. The minimum atomic E-state index is -1.57. The number of aliphatic imine (C=N–C) groups is 1. The van der Waals surface area contributed by atoms with Gasteiger partial charge in [0, 0.05) is 35.5 Å². The number of pyridine rings is 1. The molecular weight excluding hydrogens is 354 g/mol. The molecule has 0 fully saturated rings. The number of likely N-dealkylation sites (N-methyl/N-ethyl adjacent to an activating group) is 1. The highest BCUT2D eigenvalue weighted by molar-refractivity contribution is 5.98. The van der Waals surface area contributed by atoms with Crippen LogP contribution in [-0.4, -0.2) is 41.8 Å². The summed E-state index contributed by atoms with van der Waals surface area (Å²) in [5.41, 5.74) is 4.74. The van der Waals surface area contributed by atoms with Gasteiger partial charge in [0.1, 0.15) is 23.2 Å². The number of halogens is 2. The molecule has 2 N–H and O–H groups in total. The predicted octanol–water partition coefficient (Wildman–Crippen LogP) is 2.47. The third-order valence-electron chi connectivity index (χ3n) is 4.65. The predicted molar refractivity (Wildman–Crippen MR) is 97.4 cm³/mol. The molecule has 1 atom stereocenters. The van der Waals surface area contributed by atoms with Crippen LogP contribution in [0.2, 0.25) is 0 Å². The van der Waals surface area contributed by atoms with Gasteiger partial charge in [-0.3, -0.25) is 9.78 Å². The van der Waals surface area contributed by atoms with E-state index in [4.69, 9.17) is 10.5 Å². The van der Waals surface area contributed by atoms with Crippen molar-refractivity contribution < 1.29 is 18.3 Å². The van der Waals surface area contributed by atoms with Crippen LogP contribution < -0.4 is 10.5 Å². The Morgan fingerprint density at radius 3 is 2.67 bits per heavy atom. The highest BCUT2D eigenvalue weighted by Gasteiger charge is 2.43. The van der Waals surface area contributed by atoms with Gasteiger partial charge < -0.3 is 15.4 Å². The Labute approximate surface area is 155 Å². The van der Waals surface area contributed by atoms with Crippen molar-refractivity contribution in [3.05, 3.63) is 47.8 Å². The van der Waals surface area contributed by atoms with Crippen LogP contribution in [0.4, 0.5) is 8.78 Å². The van der Waals surface area contributed by atoms with Crippen molar-refractivity contribution in [2.45, 2.75) is 19.4 Å². The van der Waals surface area contributed by atoms with E-state index in [0.29, 0.717) is 17.9 Å². The lowest BCUT2D eigenvalue weighted by Crippen LogP contribution is -2.53. The van der Waals surface area contributed by atoms with Gasteiger partial charge >= 0.3 is 0 Å². The molecule has 1 aromatic heterocycles. The second-order valence-electron chi connectivity index (χ2n) is 6.42. The van der Waals surface area contributed by atoms with Crippen LogP contribution in [0.1, 0.15) is 19.4 Å². The van der Waals surface area contributed by atoms with Gasteiger partial charge in [0.2, 0.25) is 0 Å². The lowest BCUT2D eigenvalue weighted by atomic mass is 9.87. The maximum Gasteiger partial charge on any atom is 0.255 e. The van der Waals surface area contributed by atoms with Crippen molar-refractivity contribution in [3.8, 4) is 16.9 Å². The van der Waals surface area contributed by atoms with E-state index in [1.807, 2.05) is 0 Å². The molecule has 142 valence electrons. The molecule has 0 saturated heterocycles. The van der Waals surface area contributed by atoms with Crippen molar-refractivity contribution in [3.63, 3.8) is 0 Å². The number of amidine groups is 1. The molecule has 8 heteroatoms. The van der Waals surface area contributed by atoms with E-state index in [1.54, 1.807) is 13.0 Å².